The third-order valence-corrected chi connectivity index (χ3v) is 7.70. The van der Waals surface area contributed by atoms with E-state index < -0.39 is 15.5 Å². The number of hydrogen-bond donors (Lipinski definition) is 3. The first-order chi connectivity index (χ1) is 17.6. The second-order valence-electron chi connectivity index (χ2n) is 8.91. The second kappa shape index (κ2) is 9.90. The lowest BCUT2D eigenvalue weighted by Crippen LogP contribution is -2.33. The van der Waals surface area contributed by atoms with E-state index in [1.54, 1.807) is 18.2 Å². The van der Waals surface area contributed by atoms with Gasteiger partial charge in [0.05, 0.1) is 26.9 Å². The van der Waals surface area contributed by atoms with Gasteiger partial charge in [-0.15, -0.1) is 0 Å². The van der Waals surface area contributed by atoms with Crippen molar-refractivity contribution in [1.82, 2.24) is 24.8 Å². The Balaban J connectivity index is 1.37. The number of rotatable bonds is 7. The fourth-order valence-electron chi connectivity index (χ4n) is 4.40. The summed E-state index contributed by atoms with van der Waals surface area (Å²) in [5.41, 5.74) is 9.14. The summed E-state index contributed by atoms with van der Waals surface area (Å²) in [5, 5.41) is 7.35. The monoisotopic (exact) mass is 559 g/mol. The SMILES string of the molecule is CS(=O)(=O)CCNC1Cc2ccc(Nc3ncc4c(N)n(-c5c(Cl)cccc5Cl)c(=O)nc4n3)cc2C1. The van der Waals surface area contributed by atoms with E-state index in [0.717, 1.165) is 28.7 Å². The van der Waals surface area contributed by atoms with Gasteiger partial charge in [0.25, 0.3) is 0 Å². The average molecular weight is 560 g/mol. The molecule has 2 heterocycles. The van der Waals surface area contributed by atoms with Crippen molar-refractivity contribution >= 4 is 61.5 Å². The second-order valence-corrected chi connectivity index (χ2v) is 12.0. The molecule has 0 radical (unpaired) electrons. The summed E-state index contributed by atoms with van der Waals surface area (Å²) in [5.74, 6) is 0.442. The molecule has 0 fully saturated rings. The lowest BCUT2D eigenvalue weighted by Gasteiger charge is -2.14. The van der Waals surface area contributed by atoms with E-state index >= 15 is 0 Å². The zero-order valence-electron chi connectivity index (χ0n) is 19.7. The number of anilines is 3. The molecule has 0 bridgehead atoms. The fraction of sp³-hybridized carbons (Fsp3) is 0.250. The molecule has 1 aliphatic rings. The molecule has 37 heavy (non-hydrogen) atoms. The summed E-state index contributed by atoms with van der Waals surface area (Å²) in [6.07, 6.45) is 4.34. The molecule has 0 spiro atoms. The quantitative estimate of drug-likeness (QED) is 0.311. The Hall–Kier alpha value is -3.25. The number of sulfone groups is 1. The Morgan fingerprint density at radius 1 is 1.11 bits per heavy atom. The van der Waals surface area contributed by atoms with E-state index in [1.165, 1.54) is 18.0 Å². The van der Waals surface area contributed by atoms with Gasteiger partial charge in [-0.1, -0.05) is 35.3 Å². The number of aromatic nitrogens is 4. The molecule has 192 valence electrons. The minimum absolute atomic E-state index is 0.0727. The molecule has 1 atom stereocenters. The zero-order valence-corrected chi connectivity index (χ0v) is 22.0. The van der Waals surface area contributed by atoms with E-state index in [9.17, 15) is 13.2 Å². The predicted molar refractivity (Wildman–Crippen MR) is 146 cm³/mol. The van der Waals surface area contributed by atoms with Gasteiger partial charge in [0.1, 0.15) is 15.7 Å². The van der Waals surface area contributed by atoms with Crippen molar-refractivity contribution in [2.24, 2.45) is 0 Å². The van der Waals surface area contributed by atoms with E-state index in [1.807, 2.05) is 18.2 Å². The van der Waals surface area contributed by atoms with Crippen LogP contribution in [0.1, 0.15) is 11.1 Å². The Morgan fingerprint density at radius 3 is 2.57 bits per heavy atom. The summed E-state index contributed by atoms with van der Waals surface area (Å²) < 4.78 is 23.9. The lowest BCUT2D eigenvalue weighted by molar-refractivity contribution is 0.545. The van der Waals surface area contributed by atoms with Crippen LogP contribution in [0, 0.1) is 0 Å². The fourth-order valence-corrected chi connectivity index (χ4v) is 5.45. The van der Waals surface area contributed by atoms with Gasteiger partial charge >= 0.3 is 5.69 Å². The van der Waals surface area contributed by atoms with Crippen molar-refractivity contribution in [3.63, 3.8) is 0 Å². The lowest BCUT2D eigenvalue weighted by atomic mass is 10.1. The first-order valence-electron chi connectivity index (χ1n) is 11.4. The molecule has 5 rings (SSSR count). The van der Waals surface area contributed by atoms with Gasteiger partial charge in [-0.3, -0.25) is 0 Å². The van der Waals surface area contributed by atoms with Crippen LogP contribution in [0.4, 0.5) is 17.5 Å². The molecule has 10 nitrogen and oxygen atoms in total. The van der Waals surface area contributed by atoms with Crippen LogP contribution in [0.15, 0.2) is 47.4 Å². The number of nitrogens with one attached hydrogen (secondary N) is 2. The zero-order chi connectivity index (χ0) is 26.3. The summed E-state index contributed by atoms with van der Waals surface area (Å²) in [6, 6.07) is 11.0. The number of para-hydroxylation sites is 1. The Bertz CT molecular complexity index is 1670. The summed E-state index contributed by atoms with van der Waals surface area (Å²) in [6.45, 7) is 0.425. The third kappa shape index (κ3) is 5.40. The van der Waals surface area contributed by atoms with E-state index in [4.69, 9.17) is 28.9 Å². The van der Waals surface area contributed by atoms with Crippen LogP contribution in [0.5, 0.6) is 0 Å². The highest BCUT2D eigenvalue weighted by Crippen LogP contribution is 2.31. The maximum absolute atomic E-state index is 12.9. The van der Waals surface area contributed by atoms with Crippen molar-refractivity contribution < 1.29 is 8.42 Å². The van der Waals surface area contributed by atoms with Gasteiger partial charge in [-0.25, -0.2) is 22.8 Å². The topological polar surface area (TPSA) is 145 Å². The smallest absolute Gasteiger partial charge is 0.355 e. The maximum Gasteiger partial charge on any atom is 0.355 e. The molecule has 2 aromatic heterocycles. The average Bonchev–Trinajstić information content (AvgIpc) is 3.22. The van der Waals surface area contributed by atoms with Crippen LogP contribution in [-0.2, 0) is 22.7 Å². The van der Waals surface area contributed by atoms with Crippen molar-refractivity contribution in [1.29, 1.82) is 0 Å². The van der Waals surface area contributed by atoms with Gasteiger partial charge in [0.15, 0.2) is 5.65 Å². The van der Waals surface area contributed by atoms with E-state index in [-0.39, 0.29) is 44.9 Å². The van der Waals surface area contributed by atoms with Crippen LogP contribution in [-0.4, -0.2) is 52.5 Å². The molecule has 4 N–H and O–H groups in total. The Morgan fingerprint density at radius 2 is 1.84 bits per heavy atom. The van der Waals surface area contributed by atoms with Gasteiger partial charge in [0.2, 0.25) is 5.95 Å². The van der Waals surface area contributed by atoms with Crippen molar-refractivity contribution in [3.05, 3.63) is 74.3 Å². The van der Waals surface area contributed by atoms with Crippen LogP contribution < -0.4 is 22.1 Å². The molecule has 4 aromatic rings. The number of benzene rings is 2. The standard InChI is InChI=1S/C24H23Cl2N7O3S/c1-37(35,36)8-7-28-16-9-13-5-6-15(10-14(13)11-16)30-23-29-12-17-21(27)33(24(34)32-22(17)31-23)20-18(25)3-2-4-19(20)26/h2-6,10,12,16,28H,7-9,11,27H2,1H3,(H,30,31,32,34). The molecule has 0 saturated carbocycles. The van der Waals surface area contributed by atoms with Crippen LogP contribution in [0.25, 0.3) is 16.7 Å². The van der Waals surface area contributed by atoms with Gasteiger partial charge in [0, 0.05) is 30.7 Å². The first kappa shape index (κ1) is 25.4. The Kier molecular flexibility index (Phi) is 6.80. The van der Waals surface area contributed by atoms with Gasteiger partial charge in [-0.05, 0) is 48.2 Å². The maximum atomic E-state index is 12.9. The number of nitrogens with two attached hydrogens (primary N) is 1. The summed E-state index contributed by atoms with van der Waals surface area (Å²) in [4.78, 5) is 25.7. The van der Waals surface area contributed by atoms with Crippen molar-refractivity contribution in [2.75, 3.05) is 29.6 Å². The van der Waals surface area contributed by atoms with Crippen molar-refractivity contribution in [3.8, 4) is 5.69 Å². The van der Waals surface area contributed by atoms with Gasteiger partial charge < -0.3 is 16.4 Å². The number of hydrogen-bond acceptors (Lipinski definition) is 9. The Labute approximate surface area is 222 Å². The highest BCUT2D eigenvalue weighted by Gasteiger charge is 2.22. The number of nitrogens with zero attached hydrogens (tertiary/aromatic N) is 4. The minimum Gasteiger partial charge on any atom is -0.384 e. The largest absolute Gasteiger partial charge is 0.384 e. The van der Waals surface area contributed by atoms with E-state index in [2.05, 4.69) is 25.6 Å². The minimum atomic E-state index is -3.00. The molecular weight excluding hydrogens is 537 g/mol. The molecule has 13 heteroatoms. The number of nitrogen functional groups attached to an aromatic ring is 1. The molecule has 1 unspecified atom stereocenters. The van der Waals surface area contributed by atoms with Gasteiger partial charge in [-0.2, -0.15) is 9.97 Å². The van der Waals surface area contributed by atoms with Crippen LogP contribution in [0.3, 0.4) is 0 Å². The molecule has 2 aromatic carbocycles. The molecule has 0 saturated heterocycles. The molecule has 0 amide bonds. The van der Waals surface area contributed by atoms with Crippen molar-refractivity contribution in [2.45, 2.75) is 18.9 Å². The van der Waals surface area contributed by atoms with Crippen LogP contribution >= 0.6 is 23.2 Å². The highest BCUT2D eigenvalue weighted by molar-refractivity contribution is 7.90. The number of halogens is 2. The predicted octanol–water partition coefficient (Wildman–Crippen LogP) is 2.91. The highest BCUT2D eigenvalue weighted by atomic mass is 35.5. The molecule has 1 aliphatic carbocycles. The summed E-state index contributed by atoms with van der Waals surface area (Å²) >= 11 is 12.5. The molecule has 0 aliphatic heterocycles. The summed E-state index contributed by atoms with van der Waals surface area (Å²) in [7, 11) is -3.00. The first-order valence-corrected chi connectivity index (χ1v) is 14.2. The number of fused-ring (bicyclic) bond motifs is 2. The van der Waals surface area contributed by atoms with E-state index in [0.29, 0.717) is 11.9 Å². The normalized spacial score (nSPS) is 15.2. The van der Waals surface area contributed by atoms with Crippen LogP contribution in [0.2, 0.25) is 10.0 Å². The molecular formula is C24H23Cl2N7O3S. The third-order valence-electron chi connectivity index (χ3n) is 6.14.